The van der Waals surface area contributed by atoms with Gasteiger partial charge < -0.3 is 9.15 Å². The number of nitrogens with zero attached hydrogens (tertiary/aromatic N) is 4. The van der Waals surface area contributed by atoms with Crippen molar-refractivity contribution in [3.05, 3.63) is 29.2 Å². The molecule has 23 heavy (non-hydrogen) atoms. The first-order valence-corrected chi connectivity index (χ1v) is 8.29. The predicted molar refractivity (Wildman–Crippen MR) is 86.3 cm³/mol. The maximum Gasteiger partial charge on any atom is 0.237 e. The molecule has 2 aromatic rings. The van der Waals surface area contributed by atoms with Gasteiger partial charge in [-0.3, -0.25) is 4.68 Å². The quantitative estimate of drug-likeness (QED) is 0.869. The van der Waals surface area contributed by atoms with Crippen molar-refractivity contribution in [2.24, 2.45) is 5.41 Å². The second kappa shape index (κ2) is 6.07. The Morgan fingerprint density at radius 1 is 1.26 bits per heavy atom. The fourth-order valence-corrected chi connectivity index (χ4v) is 3.33. The maximum absolute atomic E-state index is 6.01. The van der Waals surface area contributed by atoms with E-state index in [0.29, 0.717) is 18.3 Å². The van der Waals surface area contributed by atoms with Crippen molar-refractivity contribution in [2.75, 3.05) is 6.61 Å². The van der Waals surface area contributed by atoms with Crippen LogP contribution in [-0.4, -0.2) is 32.7 Å². The molecule has 3 heterocycles. The van der Waals surface area contributed by atoms with E-state index < -0.39 is 0 Å². The molecule has 126 valence electrons. The van der Waals surface area contributed by atoms with Crippen LogP contribution in [0.15, 0.2) is 10.5 Å². The summed E-state index contributed by atoms with van der Waals surface area (Å²) >= 11 is 0. The molecular formula is C17H26N4O2. The van der Waals surface area contributed by atoms with Gasteiger partial charge in [0.1, 0.15) is 6.54 Å². The van der Waals surface area contributed by atoms with Crippen LogP contribution in [0.2, 0.25) is 0 Å². The Labute approximate surface area is 137 Å². The zero-order valence-electron chi connectivity index (χ0n) is 14.7. The van der Waals surface area contributed by atoms with Gasteiger partial charge in [0.2, 0.25) is 11.8 Å². The zero-order valence-corrected chi connectivity index (χ0v) is 14.7. The van der Waals surface area contributed by atoms with Crippen molar-refractivity contribution in [3.8, 4) is 0 Å². The van der Waals surface area contributed by atoms with Gasteiger partial charge in [0.05, 0.1) is 17.7 Å². The third kappa shape index (κ3) is 3.47. The first-order chi connectivity index (χ1) is 10.8. The van der Waals surface area contributed by atoms with E-state index in [9.17, 15) is 0 Å². The third-order valence-electron chi connectivity index (χ3n) is 4.36. The topological polar surface area (TPSA) is 66.0 Å². The van der Waals surface area contributed by atoms with Crippen molar-refractivity contribution in [3.63, 3.8) is 0 Å². The highest BCUT2D eigenvalue weighted by atomic mass is 16.5. The largest absolute Gasteiger partial charge is 0.423 e. The standard InChI is InChI=1S/C17H26N4O2/c1-11-9-12(2)21(20-11)10-14-18-19-16(23-14)13-7-6-8-22-15(13)17(3,4)5/h9,13,15H,6-8,10H2,1-5H3/t13-,15-/m1/s1. The molecule has 0 amide bonds. The molecule has 6 heteroatoms. The van der Waals surface area contributed by atoms with Gasteiger partial charge in [0, 0.05) is 12.3 Å². The van der Waals surface area contributed by atoms with E-state index in [2.05, 4.69) is 36.1 Å². The summed E-state index contributed by atoms with van der Waals surface area (Å²) in [7, 11) is 0. The Hall–Kier alpha value is -1.69. The summed E-state index contributed by atoms with van der Waals surface area (Å²) in [4.78, 5) is 0. The minimum absolute atomic E-state index is 0.0510. The molecule has 2 aromatic heterocycles. The first kappa shape index (κ1) is 16.2. The minimum atomic E-state index is 0.0510. The average Bonchev–Trinajstić information content (AvgIpc) is 3.05. The highest BCUT2D eigenvalue weighted by molar-refractivity contribution is 5.08. The molecule has 0 radical (unpaired) electrons. The summed E-state index contributed by atoms with van der Waals surface area (Å²) in [5.41, 5.74) is 2.14. The number of ether oxygens (including phenoxy) is 1. The van der Waals surface area contributed by atoms with E-state index in [-0.39, 0.29) is 17.4 Å². The average molecular weight is 318 g/mol. The Bertz CT molecular complexity index is 668. The van der Waals surface area contributed by atoms with Crippen molar-refractivity contribution >= 4 is 0 Å². The van der Waals surface area contributed by atoms with Crippen LogP contribution in [0, 0.1) is 19.3 Å². The van der Waals surface area contributed by atoms with E-state index in [1.165, 1.54) is 0 Å². The summed E-state index contributed by atoms with van der Waals surface area (Å²) in [6.07, 6.45) is 2.17. The van der Waals surface area contributed by atoms with Gasteiger partial charge >= 0.3 is 0 Å². The van der Waals surface area contributed by atoms with E-state index in [4.69, 9.17) is 9.15 Å². The van der Waals surface area contributed by atoms with Gasteiger partial charge in [-0.15, -0.1) is 10.2 Å². The zero-order chi connectivity index (χ0) is 16.6. The number of hydrogen-bond acceptors (Lipinski definition) is 5. The second-order valence-corrected chi connectivity index (χ2v) is 7.52. The van der Waals surface area contributed by atoms with Crippen LogP contribution in [-0.2, 0) is 11.3 Å². The van der Waals surface area contributed by atoms with E-state index >= 15 is 0 Å². The van der Waals surface area contributed by atoms with Gasteiger partial charge in [-0.2, -0.15) is 5.10 Å². The summed E-state index contributed by atoms with van der Waals surface area (Å²) < 4.78 is 13.9. The molecule has 0 bridgehead atoms. The lowest BCUT2D eigenvalue weighted by atomic mass is 9.78. The number of aromatic nitrogens is 4. The smallest absolute Gasteiger partial charge is 0.237 e. The van der Waals surface area contributed by atoms with Crippen LogP contribution >= 0.6 is 0 Å². The van der Waals surface area contributed by atoms with Crippen LogP contribution in [0.25, 0.3) is 0 Å². The molecule has 6 nitrogen and oxygen atoms in total. The van der Waals surface area contributed by atoms with Crippen molar-refractivity contribution in [2.45, 2.75) is 66.0 Å². The lowest BCUT2D eigenvalue weighted by Gasteiger charge is -2.38. The Balaban J connectivity index is 1.79. The molecular weight excluding hydrogens is 292 g/mol. The highest BCUT2D eigenvalue weighted by Gasteiger charge is 2.39. The second-order valence-electron chi connectivity index (χ2n) is 7.52. The molecule has 0 saturated carbocycles. The summed E-state index contributed by atoms with van der Waals surface area (Å²) in [6.45, 7) is 11.9. The lowest BCUT2D eigenvalue weighted by Crippen LogP contribution is -2.38. The normalized spacial score (nSPS) is 22.5. The van der Waals surface area contributed by atoms with Gasteiger partial charge in [-0.25, -0.2) is 0 Å². The molecule has 3 rings (SSSR count). The fourth-order valence-electron chi connectivity index (χ4n) is 3.33. The van der Waals surface area contributed by atoms with Crippen molar-refractivity contribution in [1.29, 1.82) is 0 Å². The molecule has 0 unspecified atom stereocenters. The molecule has 1 saturated heterocycles. The molecule has 1 fully saturated rings. The number of aryl methyl sites for hydroxylation is 2. The molecule has 1 aliphatic heterocycles. The molecule has 0 aromatic carbocycles. The number of rotatable bonds is 3. The van der Waals surface area contributed by atoms with E-state index in [1.54, 1.807) is 0 Å². The van der Waals surface area contributed by atoms with Crippen LogP contribution < -0.4 is 0 Å². The van der Waals surface area contributed by atoms with Gasteiger partial charge in [0.25, 0.3) is 0 Å². The van der Waals surface area contributed by atoms with Gasteiger partial charge in [-0.05, 0) is 38.2 Å². The minimum Gasteiger partial charge on any atom is -0.423 e. The summed E-state index contributed by atoms with van der Waals surface area (Å²) in [5, 5.41) is 13.0. The Kier molecular flexibility index (Phi) is 4.27. The fraction of sp³-hybridized carbons (Fsp3) is 0.706. The van der Waals surface area contributed by atoms with E-state index in [1.807, 2.05) is 24.6 Å². The predicted octanol–water partition coefficient (Wildman–Crippen LogP) is 3.24. The molecule has 2 atom stereocenters. The Morgan fingerprint density at radius 2 is 2.04 bits per heavy atom. The third-order valence-corrected chi connectivity index (χ3v) is 4.36. The van der Waals surface area contributed by atoms with Crippen molar-refractivity contribution in [1.82, 2.24) is 20.0 Å². The van der Waals surface area contributed by atoms with Crippen LogP contribution in [0.3, 0.4) is 0 Å². The molecule has 0 spiro atoms. The number of hydrogen-bond donors (Lipinski definition) is 0. The van der Waals surface area contributed by atoms with E-state index in [0.717, 1.165) is 30.8 Å². The molecule has 0 aliphatic carbocycles. The first-order valence-electron chi connectivity index (χ1n) is 8.29. The van der Waals surface area contributed by atoms with Crippen LogP contribution in [0.1, 0.15) is 62.7 Å². The van der Waals surface area contributed by atoms with Gasteiger partial charge in [0.15, 0.2) is 0 Å². The highest BCUT2D eigenvalue weighted by Crippen LogP contribution is 2.39. The lowest BCUT2D eigenvalue weighted by molar-refractivity contribution is -0.0679. The summed E-state index contributed by atoms with van der Waals surface area (Å²) in [5.74, 6) is 1.47. The monoisotopic (exact) mass is 318 g/mol. The van der Waals surface area contributed by atoms with Crippen LogP contribution in [0.4, 0.5) is 0 Å². The van der Waals surface area contributed by atoms with Gasteiger partial charge in [-0.1, -0.05) is 20.8 Å². The molecule has 1 aliphatic rings. The van der Waals surface area contributed by atoms with Crippen molar-refractivity contribution < 1.29 is 9.15 Å². The molecule has 0 N–H and O–H groups in total. The Morgan fingerprint density at radius 3 is 2.70 bits per heavy atom. The maximum atomic E-state index is 6.01. The summed E-state index contributed by atoms with van der Waals surface area (Å²) in [6, 6.07) is 2.04. The van der Waals surface area contributed by atoms with Crippen LogP contribution in [0.5, 0.6) is 0 Å². The SMILES string of the molecule is Cc1cc(C)n(Cc2nnc([C@@H]3CCCO[C@H]3C(C)(C)C)o2)n1.